The minimum atomic E-state index is 0. The van der Waals surface area contributed by atoms with Crippen molar-refractivity contribution in [2.45, 2.75) is 149 Å². The molecule has 0 bridgehead atoms. The minimum Gasteiger partial charge on any atom is -0.493 e. The van der Waals surface area contributed by atoms with Crippen molar-refractivity contribution in [1.29, 1.82) is 0 Å². The standard InChI is InChI=1S/C41H58N2.Pd/c1-4-6-8-9-10-11-12-13-14-15-16-17-18-19-20-21-22-23-27-39-34-40(37-31-29-36(30-32-37)26-7-5-2)43(42)41(39)38-28-24-25-35(3)33-38;/h24-25,28-34H,4-22,26H2,1-3H3;. The molecule has 0 saturated carbocycles. The van der Waals surface area contributed by atoms with Gasteiger partial charge in [0.15, 0.2) is 0 Å². The maximum Gasteiger partial charge on any atom is 0.223 e. The van der Waals surface area contributed by atoms with Crippen LogP contribution in [0.4, 0.5) is 0 Å². The van der Waals surface area contributed by atoms with E-state index in [4.69, 9.17) is 0 Å². The van der Waals surface area contributed by atoms with Crippen LogP contribution in [0.3, 0.4) is 0 Å². The Hall–Kier alpha value is -2.26. The maximum atomic E-state index is 11.3. The van der Waals surface area contributed by atoms with Crippen LogP contribution in [0.25, 0.3) is 16.9 Å². The molecule has 1 heterocycles. The number of nitrogens with zero attached hydrogens (tertiary/aromatic N) is 2. The van der Waals surface area contributed by atoms with Crippen molar-refractivity contribution in [2.24, 2.45) is 0 Å². The molecule has 0 fully saturated rings. The van der Waals surface area contributed by atoms with E-state index in [2.05, 4.69) is 81.2 Å². The van der Waals surface area contributed by atoms with Crippen LogP contribution in [0.2, 0.25) is 0 Å². The molecule has 1 aliphatic rings. The summed E-state index contributed by atoms with van der Waals surface area (Å²) in [6.45, 7) is 6.61. The van der Waals surface area contributed by atoms with Gasteiger partial charge in [0.2, 0.25) is 11.4 Å². The fourth-order valence-electron chi connectivity index (χ4n) is 6.01. The van der Waals surface area contributed by atoms with Crippen LogP contribution in [0.1, 0.15) is 158 Å². The molecule has 0 aromatic heterocycles. The average Bonchev–Trinajstić information content (AvgIpc) is 3.35. The van der Waals surface area contributed by atoms with E-state index in [-0.39, 0.29) is 20.4 Å². The summed E-state index contributed by atoms with van der Waals surface area (Å²) < 4.78 is 1.34. The molecule has 0 aliphatic carbocycles. The van der Waals surface area contributed by atoms with E-state index < -0.39 is 0 Å². The van der Waals surface area contributed by atoms with Crippen molar-refractivity contribution in [3.8, 4) is 11.8 Å². The number of aryl methyl sites for hydroxylation is 2. The predicted molar refractivity (Wildman–Crippen MR) is 187 cm³/mol. The molecule has 3 heteroatoms. The van der Waals surface area contributed by atoms with Gasteiger partial charge in [-0.25, -0.2) is 4.70 Å². The molecule has 242 valence electrons. The number of unbranched alkanes of at least 4 members (excludes halogenated alkanes) is 17. The number of allylic oxidation sites excluding steroid dienone is 2. The van der Waals surface area contributed by atoms with Gasteiger partial charge in [0.05, 0.1) is 0 Å². The van der Waals surface area contributed by atoms with Gasteiger partial charge in [0.25, 0.3) is 0 Å². The second kappa shape index (κ2) is 23.1. The summed E-state index contributed by atoms with van der Waals surface area (Å²) in [5.41, 5.74) is 18.3. The fourth-order valence-corrected chi connectivity index (χ4v) is 6.01. The summed E-state index contributed by atoms with van der Waals surface area (Å²) in [6, 6.07) is 17.0. The molecule has 0 N–H and O–H groups in total. The Morgan fingerprint density at radius 3 is 1.73 bits per heavy atom. The Morgan fingerprint density at radius 2 is 1.18 bits per heavy atom. The topological polar surface area (TPSA) is 25.3 Å². The van der Waals surface area contributed by atoms with Crippen molar-refractivity contribution in [2.75, 3.05) is 0 Å². The third-order valence-corrected chi connectivity index (χ3v) is 8.71. The van der Waals surface area contributed by atoms with Crippen LogP contribution in [-0.2, 0) is 26.8 Å². The summed E-state index contributed by atoms with van der Waals surface area (Å²) >= 11 is 0. The average molecular weight is 685 g/mol. The summed E-state index contributed by atoms with van der Waals surface area (Å²) in [7, 11) is 0. The molecule has 2 aromatic rings. The van der Waals surface area contributed by atoms with Crippen molar-refractivity contribution >= 4 is 11.4 Å². The molecule has 0 amide bonds. The Bertz CT molecular complexity index is 1230. The maximum absolute atomic E-state index is 11.3. The predicted octanol–water partition coefficient (Wildman–Crippen LogP) is 12.8. The van der Waals surface area contributed by atoms with E-state index in [1.165, 1.54) is 125 Å². The van der Waals surface area contributed by atoms with Gasteiger partial charge in [-0.15, -0.1) is 0 Å². The largest absolute Gasteiger partial charge is 0.493 e. The Labute approximate surface area is 284 Å². The van der Waals surface area contributed by atoms with Crippen molar-refractivity contribution in [3.63, 3.8) is 0 Å². The van der Waals surface area contributed by atoms with E-state index >= 15 is 0 Å². The fraction of sp³-hybridized carbons (Fsp3) is 0.561. The first-order chi connectivity index (χ1) is 21.1. The molecule has 2 nitrogen and oxygen atoms in total. The van der Waals surface area contributed by atoms with E-state index in [0.717, 1.165) is 47.4 Å². The molecular formula is C41H58N2Pd. The van der Waals surface area contributed by atoms with Gasteiger partial charge in [-0.05, 0) is 56.0 Å². The Balaban J connectivity index is 0.00000675. The first-order valence-electron chi connectivity index (χ1n) is 17.7. The second-order valence-electron chi connectivity index (χ2n) is 12.6. The Kier molecular flexibility index (Phi) is 19.9. The van der Waals surface area contributed by atoms with Crippen molar-refractivity contribution < 1.29 is 25.1 Å². The monoisotopic (exact) mass is 684 g/mol. The Morgan fingerprint density at radius 1 is 0.636 bits per heavy atom. The molecule has 0 spiro atoms. The molecule has 0 unspecified atom stereocenters. The normalized spacial score (nSPS) is 12.6. The van der Waals surface area contributed by atoms with E-state index in [1.54, 1.807) is 0 Å². The summed E-state index contributed by atoms with van der Waals surface area (Å²) in [4.78, 5) is 0. The van der Waals surface area contributed by atoms with Gasteiger partial charge < -0.3 is 5.53 Å². The van der Waals surface area contributed by atoms with Crippen LogP contribution in [0.5, 0.6) is 0 Å². The molecule has 2 aromatic carbocycles. The smallest absolute Gasteiger partial charge is 0.223 e. The van der Waals surface area contributed by atoms with Gasteiger partial charge in [-0.1, -0.05) is 158 Å². The zero-order valence-corrected chi connectivity index (χ0v) is 29.6. The van der Waals surface area contributed by atoms with Crippen LogP contribution >= 0.6 is 0 Å². The van der Waals surface area contributed by atoms with E-state index in [1.807, 2.05) is 6.07 Å². The summed E-state index contributed by atoms with van der Waals surface area (Å²) in [6.07, 6.45) is 28.6. The van der Waals surface area contributed by atoms with Gasteiger partial charge in [-0.2, -0.15) is 0 Å². The molecule has 0 radical (unpaired) electrons. The van der Waals surface area contributed by atoms with Crippen molar-refractivity contribution in [3.05, 3.63) is 88.0 Å². The van der Waals surface area contributed by atoms with Crippen LogP contribution < -0.4 is 0 Å². The quantitative estimate of drug-likeness (QED) is 0.0541. The van der Waals surface area contributed by atoms with Gasteiger partial charge >= 0.3 is 0 Å². The van der Waals surface area contributed by atoms with Crippen molar-refractivity contribution in [1.82, 2.24) is 0 Å². The van der Waals surface area contributed by atoms with Crippen LogP contribution in [0, 0.1) is 18.8 Å². The third-order valence-electron chi connectivity index (χ3n) is 8.71. The number of benzene rings is 2. The second-order valence-corrected chi connectivity index (χ2v) is 12.6. The number of hydrogen-bond donors (Lipinski definition) is 0. The van der Waals surface area contributed by atoms with E-state index in [9.17, 15) is 5.53 Å². The molecule has 3 rings (SSSR count). The molecule has 44 heavy (non-hydrogen) atoms. The SMILES string of the molecule is CCCCCCCCCCCCCCCCCCC#CC1=C(c2cccc(C)c2)[N+](=[N-])C(c2ccc(CCCC)cc2)=C1.[Pd]. The zero-order chi connectivity index (χ0) is 30.5. The first kappa shape index (κ1) is 37.9. The summed E-state index contributed by atoms with van der Waals surface area (Å²) in [5.74, 6) is 6.85. The van der Waals surface area contributed by atoms with Crippen LogP contribution in [-0.4, -0.2) is 4.70 Å². The number of rotatable bonds is 21. The van der Waals surface area contributed by atoms with Gasteiger partial charge in [0.1, 0.15) is 5.57 Å². The molecule has 0 atom stereocenters. The van der Waals surface area contributed by atoms with E-state index in [0.29, 0.717) is 0 Å². The summed E-state index contributed by atoms with van der Waals surface area (Å²) in [5, 5.41) is 0. The van der Waals surface area contributed by atoms with Gasteiger partial charge in [0, 0.05) is 44.0 Å². The third kappa shape index (κ3) is 13.8. The number of hydrogen-bond acceptors (Lipinski definition) is 0. The van der Waals surface area contributed by atoms with Crippen LogP contribution in [0.15, 0.2) is 60.2 Å². The van der Waals surface area contributed by atoms with Gasteiger partial charge in [-0.3, -0.25) is 0 Å². The molecule has 0 saturated heterocycles. The minimum absolute atomic E-state index is 0. The molecule has 1 aliphatic heterocycles. The first-order valence-corrected chi connectivity index (χ1v) is 17.7. The zero-order valence-electron chi connectivity index (χ0n) is 28.0. The molecular weight excluding hydrogens is 627 g/mol.